The second-order valence-electron chi connectivity index (χ2n) is 4.01. The summed E-state index contributed by atoms with van der Waals surface area (Å²) in [7, 11) is 0. The SMILES string of the molecule is CCCC(C)CSP(O)(=S)C(C)CC.Cl. The van der Waals surface area contributed by atoms with E-state index in [4.69, 9.17) is 11.8 Å². The Morgan fingerprint density at radius 3 is 2.27 bits per heavy atom. The monoisotopic (exact) mass is 290 g/mol. The van der Waals surface area contributed by atoms with E-state index in [0.717, 1.165) is 12.2 Å². The first kappa shape index (κ1) is 18.6. The lowest BCUT2D eigenvalue weighted by Gasteiger charge is -2.22. The second kappa shape index (κ2) is 9.30. The van der Waals surface area contributed by atoms with Gasteiger partial charge in [-0.05, 0) is 12.3 Å². The molecule has 1 nitrogen and oxygen atoms in total. The average molecular weight is 291 g/mol. The molecule has 0 saturated carbocycles. The highest BCUT2D eigenvalue weighted by atomic mass is 35.5. The van der Waals surface area contributed by atoms with E-state index in [1.54, 1.807) is 11.4 Å². The molecular formula is C10H24ClOPS2. The molecule has 1 N–H and O–H groups in total. The molecule has 0 aromatic heterocycles. The van der Waals surface area contributed by atoms with Crippen LogP contribution in [0.5, 0.6) is 0 Å². The van der Waals surface area contributed by atoms with Crippen LogP contribution in [0.1, 0.15) is 47.0 Å². The highest BCUT2D eigenvalue weighted by molar-refractivity contribution is 8.69. The second-order valence-corrected chi connectivity index (χ2v) is 11.4. The fourth-order valence-electron chi connectivity index (χ4n) is 1.17. The third-order valence-corrected chi connectivity index (χ3v) is 9.71. The Kier molecular flexibility index (Phi) is 11.5. The minimum atomic E-state index is -2.11. The lowest BCUT2D eigenvalue weighted by molar-refractivity contribution is 0.584. The van der Waals surface area contributed by atoms with Crippen molar-refractivity contribution in [1.82, 2.24) is 0 Å². The molecule has 0 aliphatic rings. The van der Waals surface area contributed by atoms with Crippen LogP contribution in [0.2, 0.25) is 0 Å². The zero-order valence-corrected chi connectivity index (χ0v) is 13.4. The van der Waals surface area contributed by atoms with Crippen molar-refractivity contribution < 1.29 is 4.89 Å². The van der Waals surface area contributed by atoms with Gasteiger partial charge in [0.15, 0.2) is 0 Å². The van der Waals surface area contributed by atoms with Crippen molar-refractivity contribution in [1.29, 1.82) is 0 Å². The van der Waals surface area contributed by atoms with E-state index in [1.165, 1.54) is 12.8 Å². The molecule has 0 rings (SSSR count). The molecule has 0 fully saturated rings. The van der Waals surface area contributed by atoms with E-state index < -0.39 is 5.47 Å². The molecule has 5 heteroatoms. The van der Waals surface area contributed by atoms with E-state index in [1.807, 2.05) is 0 Å². The minimum Gasteiger partial charge on any atom is -0.357 e. The zero-order valence-electron chi connectivity index (χ0n) is 10.1. The highest BCUT2D eigenvalue weighted by Crippen LogP contribution is 2.60. The standard InChI is InChI=1S/C10H23OPS2.ClH/c1-5-7-9(3)8-14-12(11,13)10(4)6-2;/h9-10H,5-8H2,1-4H3,(H,11,13);1H. The van der Waals surface area contributed by atoms with Crippen molar-refractivity contribution in [2.45, 2.75) is 52.6 Å². The number of halogens is 1. The van der Waals surface area contributed by atoms with Crippen LogP contribution < -0.4 is 0 Å². The summed E-state index contributed by atoms with van der Waals surface area (Å²) in [4.78, 5) is 10.1. The lowest BCUT2D eigenvalue weighted by Crippen LogP contribution is -2.02. The molecule has 0 aromatic rings. The summed E-state index contributed by atoms with van der Waals surface area (Å²) >= 11 is 6.94. The van der Waals surface area contributed by atoms with Gasteiger partial charge in [0, 0.05) is 11.4 Å². The molecule has 0 aliphatic heterocycles. The molecule has 0 aliphatic carbocycles. The lowest BCUT2D eigenvalue weighted by atomic mass is 10.1. The highest BCUT2D eigenvalue weighted by Gasteiger charge is 2.21. The Morgan fingerprint density at radius 2 is 1.87 bits per heavy atom. The topological polar surface area (TPSA) is 20.2 Å². The molecule has 0 bridgehead atoms. The van der Waals surface area contributed by atoms with E-state index >= 15 is 0 Å². The maximum atomic E-state index is 10.1. The van der Waals surface area contributed by atoms with Crippen LogP contribution in [0.3, 0.4) is 0 Å². The Labute approximate surface area is 110 Å². The minimum absolute atomic E-state index is 0. The Morgan fingerprint density at radius 1 is 1.33 bits per heavy atom. The van der Waals surface area contributed by atoms with Gasteiger partial charge in [-0.15, -0.1) is 12.4 Å². The number of hydrogen-bond donors (Lipinski definition) is 1. The van der Waals surface area contributed by atoms with Crippen molar-refractivity contribution in [2.24, 2.45) is 5.92 Å². The first-order chi connectivity index (χ1) is 6.44. The van der Waals surface area contributed by atoms with E-state index in [-0.39, 0.29) is 12.4 Å². The fraction of sp³-hybridized carbons (Fsp3) is 1.00. The van der Waals surface area contributed by atoms with Crippen LogP contribution in [-0.2, 0) is 11.8 Å². The van der Waals surface area contributed by atoms with E-state index in [9.17, 15) is 4.89 Å². The molecule has 0 amide bonds. The molecule has 94 valence electrons. The molecule has 0 radical (unpaired) electrons. The summed E-state index contributed by atoms with van der Waals surface area (Å²) in [5.41, 5.74) is -1.81. The van der Waals surface area contributed by atoms with Crippen LogP contribution in [-0.4, -0.2) is 16.3 Å². The van der Waals surface area contributed by atoms with Crippen LogP contribution in [0.4, 0.5) is 0 Å². The maximum absolute atomic E-state index is 10.1. The van der Waals surface area contributed by atoms with E-state index in [2.05, 4.69) is 27.7 Å². The van der Waals surface area contributed by atoms with Gasteiger partial charge in [0.25, 0.3) is 0 Å². The fourth-order valence-corrected chi connectivity index (χ4v) is 6.13. The van der Waals surface area contributed by atoms with Crippen molar-refractivity contribution >= 4 is 41.1 Å². The predicted molar refractivity (Wildman–Crippen MR) is 80.0 cm³/mol. The quantitative estimate of drug-likeness (QED) is 0.688. The predicted octanol–water partition coefficient (Wildman–Crippen LogP) is 4.68. The van der Waals surface area contributed by atoms with Crippen molar-refractivity contribution in [2.75, 3.05) is 5.75 Å². The van der Waals surface area contributed by atoms with Crippen LogP contribution >= 0.6 is 29.3 Å². The van der Waals surface area contributed by atoms with Gasteiger partial charge in [0.2, 0.25) is 0 Å². The normalized spacial score (nSPS) is 18.7. The molecule has 0 aromatic carbocycles. The van der Waals surface area contributed by atoms with Crippen LogP contribution in [0.15, 0.2) is 0 Å². The summed E-state index contributed by atoms with van der Waals surface area (Å²) < 4.78 is 0. The van der Waals surface area contributed by atoms with Crippen molar-refractivity contribution in [3.63, 3.8) is 0 Å². The van der Waals surface area contributed by atoms with Crippen LogP contribution in [0, 0.1) is 5.92 Å². The van der Waals surface area contributed by atoms with Gasteiger partial charge in [-0.3, -0.25) is 0 Å². The molecule has 0 saturated heterocycles. The molecule has 0 heterocycles. The van der Waals surface area contributed by atoms with Gasteiger partial charge in [0.1, 0.15) is 5.47 Å². The molecular weight excluding hydrogens is 267 g/mol. The molecule has 15 heavy (non-hydrogen) atoms. The Hall–Kier alpha value is 1.25. The van der Waals surface area contributed by atoms with Crippen LogP contribution in [0.25, 0.3) is 0 Å². The van der Waals surface area contributed by atoms with Gasteiger partial charge in [0.05, 0.1) is 0 Å². The third-order valence-electron chi connectivity index (χ3n) is 2.47. The Bertz CT molecular complexity index is 202. The van der Waals surface area contributed by atoms with Gasteiger partial charge in [-0.2, -0.15) is 0 Å². The van der Waals surface area contributed by atoms with Gasteiger partial charge >= 0.3 is 0 Å². The number of rotatable bonds is 7. The van der Waals surface area contributed by atoms with E-state index in [0.29, 0.717) is 11.6 Å². The first-order valence-corrected chi connectivity index (χ1v) is 9.82. The smallest absolute Gasteiger partial charge is 0.119 e. The van der Waals surface area contributed by atoms with Gasteiger partial charge in [-0.1, -0.05) is 63.7 Å². The summed E-state index contributed by atoms with van der Waals surface area (Å²) in [5, 5.41) is 0. The van der Waals surface area contributed by atoms with Crippen molar-refractivity contribution in [3.8, 4) is 0 Å². The average Bonchev–Trinajstić information content (AvgIpc) is 2.14. The Balaban J connectivity index is 0. The summed E-state index contributed by atoms with van der Waals surface area (Å²) in [5.74, 6) is 1.70. The summed E-state index contributed by atoms with van der Waals surface area (Å²) in [6, 6.07) is 0. The number of hydrogen-bond acceptors (Lipinski definition) is 2. The first-order valence-electron chi connectivity index (χ1n) is 5.41. The van der Waals surface area contributed by atoms with Gasteiger partial charge < -0.3 is 4.89 Å². The summed E-state index contributed by atoms with van der Waals surface area (Å²) in [6.07, 6.45) is 3.45. The zero-order chi connectivity index (χ0) is 11.2. The largest absolute Gasteiger partial charge is 0.357 e. The molecule has 3 atom stereocenters. The van der Waals surface area contributed by atoms with Crippen molar-refractivity contribution in [3.05, 3.63) is 0 Å². The third kappa shape index (κ3) is 8.04. The summed E-state index contributed by atoms with van der Waals surface area (Å²) in [6.45, 7) is 8.60. The van der Waals surface area contributed by atoms with Gasteiger partial charge in [-0.25, -0.2) is 0 Å². The molecule has 3 unspecified atom stereocenters. The maximum Gasteiger partial charge on any atom is 0.119 e. The molecule has 0 spiro atoms.